The maximum absolute atomic E-state index is 11.1. The fraction of sp³-hybridized carbons (Fsp3) is 0.0968. The lowest BCUT2D eigenvalue weighted by atomic mass is 10.0. The van der Waals surface area contributed by atoms with Crippen LogP contribution in [0.15, 0.2) is 96.1 Å². The molecule has 0 atom stereocenters. The number of rotatable bonds is 9. The minimum absolute atomic E-state index is 0.0459. The van der Waals surface area contributed by atoms with E-state index in [2.05, 4.69) is 22.7 Å². The lowest BCUT2D eigenvalue weighted by molar-refractivity contribution is -0.384. The molecule has 4 aromatic carbocycles. The van der Waals surface area contributed by atoms with Crippen molar-refractivity contribution in [3.05, 3.63) is 128 Å². The van der Waals surface area contributed by atoms with Crippen molar-refractivity contribution in [2.45, 2.75) is 20.5 Å². The Bertz CT molecular complexity index is 1680. The first kappa shape index (κ1) is 27.1. The number of hydrazone groups is 1. The fourth-order valence-corrected chi connectivity index (χ4v) is 5.27. The van der Waals surface area contributed by atoms with E-state index in [0.29, 0.717) is 16.8 Å². The van der Waals surface area contributed by atoms with E-state index in [1.165, 1.54) is 23.5 Å². The van der Waals surface area contributed by atoms with Crippen LogP contribution < -0.4 is 10.2 Å². The van der Waals surface area contributed by atoms with Gasteiger partial charge >= 0.3 is 0 Å². The molecule has 40 heavy (non-hydrogen) atoms. The van der Waals surface area contributed by atoms with Gasteiger partial charge in [-0.05, 0) is 73.0 Å². The summed E-state index contributed by atoms with van der Waals surface area (Å²) in [6, 6.07) is 27.9. The first-order valence-corrected chi connectivity index (χ1v) is 13.7. The molecular formula is C31H25ClN4O3S. The van der Waals surface area contributed by atoms with Gasteiger partial charge in [-0.3, -0.25) is 15.5 Å². The van der Waals surface area contributed by atoms with E-state index in [4.69, 9.17) is 21.3 Å². The van der Waals surface area contributed by atoms with Gasteiger partial charge in [0, 0.05) is 28.3 Å². The lowest BCUT2D eigenvalue weighted by Gasteiger charge is -2.07. The average molecular weight is 569 g/mol. The van der Waals surface area contributed by atoms with Crippen LogP contribution in [-0.2, 0) is 6.61 Å². The van der Waals surface area contributed by atoms with Crippen LogP contribution in [0.25, 0.3) is 21.7 Å². The van der Waals surface area contributed by atoms with E-state index in [0.717, 1.165) is 49.7 Å². The summed E-state index contributed by atoms with van der Waals surface area (Å²) >= 11 is 7.64. The van der Waals surface area contributed by atoms with Crippen molar-refractivity contribution in [2.24, 2.45) is 5.10 Å². The zero-order chi connectivity index (χ0) is 28.1. The quantitative estimate of drug-likeness (QED) is 0.109. The highest BCUT2D eigenvalue weighted by Gasteiger charge is 2.17. The first-order valence-electron chi connectivity index (χ1n) is 12.5. The molecule has 5 aromatic rings. The Morgan fingerprint density at radius 3 is 2.48 bits per heavy atom. The second-order valence-corrected chi connectivity index (χ2v) is 10.5. The van der Waals surface area contributed by atoms with Crippen LogP contribution in [0.1, 0.15) is 22.3 Å². The molecule has 5 rings (SSSR count). The topological polar surface area (TPSA) is 89.7 Å². The maximum atomic E-state index is 11.1. The van der Waals surface area contributed by atoms with Crippen molar-refractivity contribution < 1.29 is 9.66 Å². The molecule has 7 nitrogen and oxygen atoms in total. The van der Waals surface area contributed by atoms with Crippen LogP contribution >= 0.6 is 22.9 Å². The largest absolute Gasteiger partial charge is 0.489 e. The summed E-state index contributed by atoms with van der Waals surface area (Å²) in [5.41, 5.74) is 9.82. The van der Waals surface area contributed by atoms with Crippen LogP contribution in [0.2, 0.25) is 5.02 Å². The number of nitrogens with one attached hydrogen (secondary N) is 1. The number of nitro groups is 1. The van der Waals surface area contributed by atoms with Crippen molar-refractivity contribution in [2.75, 3.05) is 5.43 Å². The van der Waals surface area contributed by atoms with Crippen LogP contribution in [-0.4, -0.2) is 16.1 Å². The van der Waals surface area contributed by atoms with Gasteiger partial charge in [0.2, 0.25) is 5.13 Å². The minimum Gasteiger partial charge on any atom is -0.489 e. The van der Waals surface area contributed by atoms with Crippen molar-refractivity contribution in [3.8, 4) is 27.4 Å². The number of aryl methyl sites for hydroxylation is 2. The number of benzene rings is 4. The lowest BCUT2D eigenvalue weighted by Crippen LogP contribution is -1.96. The highest BCUT2D eigenvalue weighted by Crippen LogP contribution is 2.40. The summed E-state index contributed by atoms with van der Waals surface area (Å²) in [5, 5.41) is 16.8. The molecule has 1 N–H and O–H groups in total. The molecule has 0 aliphatic heterocycles. The Balaban J connectivity index is 1.33. The number of ether oxygens (including phenoxy) is 1. The Hall–Kier alpha value is -4.53. The van der Waals surface area contributed by atoms with Crippen molar-refractivity contribution in [1.29, 1.82) is 0 Å². The molecule has 0 fully saturated rings. The number of hydrogen-bond acceptors (Lipinski definition) is 7. The SMILES string of the molecule is Cc1ccc(-c2nc(N/N=C\c3ccc(OCc4ccccc4Cl)cc3)sc2-c2ccc([N+](=O)[O-])cc2)c(C)c1. The van der Waals surface area contributed by atoms with Gasteiger partial charge in [0.05, 0.1) is 21.7 Å². The summed E-state index contributed by atoms with van der Waals surface area (Å²) in [6.45, 7) is 4.49. The second kappa shape index (κ2) is 12.1. The zero-order valence-corrected chi connectivity index (χ0v) is 23.4. The van der Waals surface area contributed by atoms with Gasteiger partial charge in [-0.25, -0.2) is 4.98 Å². The van der Waals surface area contributed by atoms with Gasteiger partial charge in [0.25, 0.3) is 5.69 Å². The van der Waals surface area contributed by atoms with E-state index in [1.807, 2.05) is 68.4 Å². The highest BCUT2D eigenvalue weighted by atomic mass is 35.5. The Labute approximate surface area is 240 Å². The normalized spacial score (nSPS) is 11.1. The smallest absolute Gasteiger partial charge is 0.269 e. The molecule has 0 unspecified atom stereocenters. The molecule has 0 aliphatic carbocycles. The van der Waals surface area contributed by atoms with Crippen LogP contribution in [0, 0.1) is 24.0 Å². The molecule has 9 heteroatoms. The molecule has 0 saturated carbocycles. The van der Waals surface area contributed by atoms with Crippen molar-refractivity contribution in [3.63, 3.8) is 0 Å². The third-order valence-corrected chi connectivity index (χ3v) is 7.59. The number of non-ortho nitro benzene ring substituents is 1. The van der Waals surface area contributed by atoms with Gasteiger partial charge in [0.1, 0.15) is 12.4 Å². The molecule has 0 radical (unpaired) electrons. The molecule has 0 aliphatic rings. The predicted octanol–water partition coefficient (Wildman–Crippen LogP) is 8.68. The number of thiazole rings is 1. The summed E-state index contributed by atoms with van der Waals surface area (Å²) in [7, 11) is 0. The van der Waals surface area contributed by atoms with Crippen LogP contribution in [0.5, 0.6) is 5.75 Å². The molecule has 1 aromatic heterocycles. The highest BCUT2D eigenvalue weighted by molar-refractivity contribution is 7.19. The third kappa shape index (κ3) is 6.36. The number of nitrogens with zero attached hydrogens (tertiary/aromatic N) is 3. The first-order chi connectivity index (χ1) is 19.4. The Morgan fingerprint density at radius 2 is 1.77 bits per heavy atom. The molecule has 0 amide bonds. The van der Waals surface area contributed by atoms with E-state index in [1.54, 1.807) is 18.3 Å². The van der Waals surface area contributed by atoms with Gasteiger partial charge in [-0.15, -0.1) is 0 Å². The molecular weight excluding hydrogens is 544 g/mol. The number of aromatic nitrogens is 1. The van der Waals surface area contributed by atoms with Gasteiger partial charge in [-0.1, -0.05) is 64.9 Å². The second-order valence-electron chi connectivity index (χ2n) is 9.14. The van der Waals surface area contributed by atoms with E-state index < -0.39 is 4.92 Å². The Morgan fingerprint density at radius 1 is 1.02 bits per heavy atom. The summed E-state index contributed by atoms with van der Waals surface area (Å²) in [4.78, 5) is 16.5. The predicted molar refractivity (Wildman–Crippen MR) is 163 cm³/mol. The number of nitro benzene ring substituents is 1. The minimum atomic E-state index is -0.402. The molecule has 0 bridgehead atoms. The van der Waals surface area contributed by atoms with Crippen LogP contribution in [0.3, 0.4) is 0 Å². The zero-order valence-electron chi connectivity index (χ0n) is 21.8. The molecule has 0 saturated heterocycles. The summed E-state index contributed by atoms with van der Waals surface area (Å²) < 4.78 is 5.85. The number of hydrogen-bond donors (Lipinski definition) is 1. The fourth-order valence-electron chi connectivity index (χ4n) is 4.15. The summed E-state index contributed by atoms with van der Waals surface area (Å²) in [5.74, 6) is 0.732. The summed E-state index contributed by atoms with van der Waals surface area (Å²) in [6.07, 6.45) is 1.71. The van der Waals surface area contributed by atoms with Gasteiger partial charge < -0.3 is 4.74 Å². The molecule has 200 valence electrons. The molecule has 0 spiro atoms. The monoisotopic (exact) mass is 568 g/mol. The average Bonchev–Trinajstić information content (AvgIpc) is 3.37. The standard InChI is InChI=1S/C31H25ClN4O3S/c1-20-7-16-27(21(2)17-20)29-30(23-10-12-25(13-11-23)36(37)38)40-31(34-29)35-33-18-22-8-14-26(15-9-22)39-19-24-5-3-4-6-28(24)32/h3-18H,19H2,1-2H3,(H,34,35)/b33-18-. The third-order valence-electron chi connectivity index (χ3n) is 6.21. The van der Waals surface area contributed by atoms with E-state index in [-0.39, 0.29) is 5.69 Å². The van der Waals surface area contributed by atoms with E-state index in [9.17, 15) is 10.1 Å². The van der Waals surface area contributed by atoms with Crippen molar-refractivity contribution in [1.82, 2.24) is 4.98 Å². The number of anilines is 1. The van der Waals surface area contributed by atoms with Gasteiger partial charge in [-0.2, -0.15) is 5.10 Å². The van der Waals surface area contributed by atoms with Crippen molar-refractivity contribution >= 4 is 40.0 Å². The molecule has 1 heterocycles. The van der Waals surface area contributed by atoms with Gasteiger partial charge in [0.15, 0.2) is 0 Å². The van der Waals surface area contributed by atoms with Crippen LogP contribution in [0.4, 0.5) is 10.8 Å². The Kier molecular flexibility index (Phi) is 8.19. The maximum Gasteiger partial charge on any atom is 0.269 e. The number of halogens is 1. The van der Waals surface area contributed by atoms with E-state index >= 15 is 0 Å².